The van der Waals surface area contributed by atoms with Crippen molar-refractivity contribution in [2.75, 3.05) is 44.0 Å². The number of piperidine rings is 1. The van der Waals surface area contributed by atoms with Gasteiger partial charge in [0.1, 0.15) is 5.75 Å². The Balaban J connectivity index is 1.77. The fourth-order valence-electron chi connectivity index (χ4n) is 3.38. The maximum atomic E-state index is 13.0. The van der Waals surface area contributed by atoms with Crippen LogP contribution in [0.5, 0.6) is 5.75 Å². The number of methoxy groups -OCH3 is 1. The van der Waals surface area contributed by atoms with Crippen molar-refractivity contribution in [3.63, 3.8) is 0 Å². The topological polar surface area (TPSA) is 79.0 Å². The Labute approximate surface area is 172 Å². The van der Waals surface area contributed by atoms with Gasteiger partial charge in [0.25, 0.3) is 0 Å². The number of rotatable bonds is 7. The van der Waals surface area contributed by atoms with E-state index in [1.165, 1.54) is 23.5 Å². The second-order valence-corrected chi connectivity index (χ2v) is 9.00. The fraction of sp³-hybridized carbons (Fsp3) is 0.381. The molecular formula is C21H27N3O4S. The van der Waals surface area contributed by atoms with Crippen LogP contribution in [0.25, 0.3) is 0 Å². The van der Waals surface area contributed by atoms with Gasteiger partial charge in [0.2, 0.25) is 15.9 Å². The molecule has 7 nitrogen and oxygen atoms in total. The second-order valence-electron chi connectivity index (χ2n) is 7.07. The highest BCUT2D eigenvalue weighted by molar-refractivity contribution is 7.89. The van der Waals surface area contributed by atoms with Gasteiger partial charge in [-0.1, -0.05) is 24.6 Å². The molecule has 156 valence electrons. The second kappa shape index (κ2) is 9.28. The first-order valence-corrected chi connectivity index (χ1v) is 11.1. The van der Waals surface area contributed by atoms with Gasteiger partial charge in [-0.15, -0.1) is 0 Å². The van der Waals surface area contributed by atoms with Crippen molar-refractivity contribution in [2.24, 2.45) is 0 Å². The number of para-hydroxylation sites is 1. The lowest BCUT2D eigenvalue weighted by Gasteiger charge is -2.26. The van der Waals surface area contributed by atoms with Gasteiger partial charge in [-0.05, 0) is 43.2 Å². The van der Waals surface area contributed by atoms with E-state index in [1.54, 1.807) is 6.07 Å². The molecule has 2 aromatic rings. The van der Waals surface area contributed by atoms with E-state index in [4.69, 9.17) is 4.74 Å². The summed E-state index contributed by atoms with van der Waals surface area (Å²) in [7, 11) is -0.286. The molecule has 1 saturated heterocycles. The van der Waals surface area contributed by atoms with Crippen LogP contribution >= 0.6 is 0 Å². The minimum atomic E-state index is -3.60. The van der Waals surface area contributed by atoms with Crippen LogP contribution in [0, 0.1) is 0 Å². The van der Waals surface area contributed by atoms with Gasteiger partial charge in [0, 0.05) is 25.8 Å². The van der Waals surface area contributed by atoms with Gasteiger partial charge in [0.05, 0.1) is 24.2 Å². The van der Waals surface area contributed by atoms with Crippen LogP contribution in [0.1, 0.15) is 19.3 Å². The molecule has 0 spiro atoms. The monoisotopic (exact) mass is 417 g/mol. The summed E-state index contributed by atoms with van der Waals surface area (Å²) < 4.78 is 32.7. The number of nitrogens with one attached hydrogen (secondary N) is 1. The van der Waals surface area contributed by atoms with E-state index in [1.807, 2.05) is 42.3 Å². The first kappa shape index (κ1) is 21.1. The number of anilines is 2. The maximum Gasteiger partial charge on any atom is 0.243 e. The van der Waals surface area contributed by atoms with E-state index < -0.39 is 10.0 Å². The summed E-state index contributed by atoms with van der Waals surface area (Å²) >= 11 is 0. The highest BCUT2D eigenvalue weighted by Crippen LogP contribution is 2.30. The van der Waals surface area contributed by atoms with Crippen LogP contribution in [0.4, 0.5) is 11.4 Å². The van der Waals surface area contributed by atoms with E-state index in [-0.39, 0.29) is 17.3 Å². The number of sulfonamides is 1. The summed E-state index contributed by atoms with van der Waals surface area (Å²) in [4.78, 5) is 14.5. The Bertz CT molecular complexity index is 942. The molecule has 0 aromatic heterocycles. The molecule has 8 heteroatoms. The summed E-state index contributed by atoms with van der Waals surface area (Å²) in [6, 6.07) is 14.1. The van der Waals surface area contributed by atoms with Crippen LogP contribution in [-0.4, -0.2) is 52.4 Å². The number of carbonyl (C=O) groups excluding carboxylic acids is 1. The third kappa shape index (κ3) is 5.07. The third-order valence-corrected chi connectivity index (χ3v) is 6.87. The molecule has 1 aliphatic heterocycles. The Morgan fingerprint density at radius 3 is 2.45 bits per heavy atom. The van der Waals surface area contributed by atoms with Crippen molar-refractivity contribution >= 4 is 27.3 Å². The zero-order chi connectivity index (χ0) is 20.9. The molecule has 0 saturated carbocycles. The number of ether oxygens (including phenoxy) is 1. The molecule has 0 unspecified atom stereocenters. The Morgan fingerprint density at radius 2 is 1.79 bits per heavy atom. The lowest BCUT2D eigenvalue weighted by Crippen LogP contribution is -2.35. The number of likely N-dealkylation sites (N-methyl/N-ethyl adjacent to an activating group) is 1. The third-order valence-electron chi connectivity index (χ3n) is 4.98. The first-order chi connectivity index (χ1) is 13.9. The van der Waals surface area contributed by atoms with E-state index >= 15 is 0 Å². The molecule has 1 aliphatic rings. The van der Waals surface area contributed by atoms with E-state index in [9.17, 15) is 13.2 Å². The quantitative estimate of drug-likeness (QED) is 0.749. The molecule has 3 rings (SSSR count). The highest BCUT2D eigenvalue weighted by atomic mass is 32.2. The van der Waals surface area contributed by atoms with Crippen molar-refractivity contribution in [1.82, 2.24) is 4.31 Å². The number of amides is 1. The fourth-order valence-corrected chi connectivity index (χ4v) is 4.92. The van der Waals surface area contributed by atoms with Crippen molar-refractivity contribution in [1.29, 1.82) is 0 Å². The molecule has 29 heavy (non-hydrogen) atoms. The Morgan fingerprint density at radius 1 is 1.10 bits per heavy atom. The molecule has 0 atom stereocenters. The molecule has 1 heterocycles. The number of hydrogen-bond acceptors (Lipinski definition) is 5. The van der Waals surface area contributed by atoms with Crippen molar-refractivity contribution < 1.29 is 17.9 Å². The van der Waals surface area contributed by atoms with Gasteiger partial charge in [-0.25, -0.2) is 8.42 Å². The first-order valence-electron chi connectivity index (χ1n) is 9.66. The molecule has 0 radical (unpaired) electrons. The van der Waals surface area contributed by atoms with Crippen molar-refractivity contribution in [3.8, 4) is 5.75 Å². The summed E-state index contributed by atoms with van der Waals surface area (Å²) in [6.07, 6.45) is 2.78. The summed E-state index contributed by atoms with van der Waals surface area (Å²) in [6.45, 7) is 1.17. The molecule has 2 aromatic carbocycles. The van der Waals surface area contributed by atoms with Crippen LogP contribution in [0.3, 0.4) is 0 Å². The highest BCUT2D eigenvalue weighted by Gasteiger charge is 2.27. The predicted molar refractivity (Wildman–Crippen MR) is 114 cm³/mol. The standard InChI is InChI=1S/C21H27N3O4S/c1-23(17-9-5-3-6-10-17)16-21(25)22-19-15-18(11-12-20(19)28-2)29(26,27)24-13-7-4-8-14-24/h3,5-6,9-12,15H,4,7-8,13-14,16H2,1-2H3,(H,22,25). The molecule has 1 amide bonds. The number of carbonyl (C=O) groups is 1. The molecule has 0 aliphatic carbocycles. The smallest absolute Gasteiger partial charge is 0.243 e. The molecule has 1 fully saturated rings. The summed E-state index contributed by atoms with van der Waals surface area (Å²) in [5, 5.41) is 2.79. The van der Waals surface area contributed by atoms with Crippen LogP contribution in [0.2, 0.25) is 0 Å². The average Bonchev–Trinajstić information content (AvgIpc) is 2.74. The van der Waals surface area contributed by atoms with E-state index in [0.29, 0.717) is 24.5 Å². The maximum absolute atomic E-state index is 13.0. The van der Waals surface area contributed by atoms with Crippen molar-refractivity contribution in [3.05, 3.63) is 48.5 Å². The minimum Gasteiger partial charge on any atom is -0.495 e. The van der Waals surface area contributed by atoms with E-state index in [2.05, 4.69) is 5.32 Å². The number of benzene rings is 2. The Hall–Kier alpha value is -2.58. The Kier molecular flexibility index (Phi) is 6.76. The summed E-state index contributed by atoms with van der Waals surface area (Å²) in [5.41, 5.74) is 1.26. The lowest BCUT2D eigenvalue weighted by atomic mass is 10.2. The normalized spacial score (nSPS) is 15.0. The SMILES string of the molecule is COc1ccc(S(=O)(=O)N2CCCCC2)cc1NC(=O)CN(C)c1ccccc1. The predicted octanol–water partition coefficient (Wildman–Crippen LogP) is 2.94. The zero-order valence-electron chi connectivity index (χ0n) is 16.8. The molecule has 1 N–H and O–H groups in total. The largest absolute Gasteiger partial charge is 0.495 e. The van der Waals surface area contributed by atoms with Crippen LogP contribution < -0.4 is 15.0 Å². The van der Waals surface area contributed by atoms with Gasteiger partial charge >= 0.3 is 0 Å². The minimum absolute atomic E-state index is 0.121. The van der Waals surface area contributed by atoms with Gasteiger partial charge in [-0.3, -0.25) is 4.79 Å². The molecular weight excluding hydrogens is 390 g/mol. The van der Waals surface area contributed by atoms with E-state index in [0.717, 1.165) is 24.9 Å². The number of nitrogens with zero attached hydrogens (tertiary/aromatic N) is 2. The summed E-state index contributed by atoms with van der Waals surface area (Å²) in [5.74, 6) is 0.153. The van der Waals surface area contributed by atoms with Crippen molar-refractivity contribution in [2.45, 2.75) is 24.2 Å². The van der Waals surface area contributed by atoms with Gasteiger partial charge < -0.3 is 15.0 Å². The van der Waals surface area contributed by atoms with Gasteiger partial charge in [-0.2, -0.15) is 4.31 Å². The zero-order valence-corrected chi connectivity index (χ0v) is 17.6. The van der Waals surface area contributed by atoms with Crippen LogP contribution in [-0.2, 0) is 14.8 Å². The average molecular weight is 418 g/mol. The number of hydrogen-bond donors (Lipinski definition) is 1. The van der Waals surface area contributed by atoms with Crippen LogP contribution in [0.15, 0.2) is 53.4 Å². The lowest BCUT2D eigenvalue weighted by molar-refractivity contribution is -0.114. The molecule has 0 bridgehead atoms. The van der Waals surface area contributed by atoms with Gasteiger partial charge in [0.15, 0.2) is 0 Å².